The lowest BCUT2D eigenvalue weighted by atomic mass is 10.1. The quantitative estimate of drug-likeness (QED) is 0.865. The van der Waals surface area contributed by atoms with Gasteiger partial charge in [0.25, 0.3) is 0 Å². The molecule has 7 nitrogen and oxygen atoms in total. The molecule has 1 aliphatic heterocycles. The first kappa shape index (κ1) is 17.4. The number of sulfonamides is 1. The molecule has 0 saturated carbocycles. The highest BCUT2D eigenvalue weighted by Gasteiger charge is 2.36. The molecule has 0 bridgehead atoms. The minimum Gasteiger partial charge on any atom is -0.325 e. The highest BCUT2D eigenvalue weighted by atomic mass is 32.2. The molecule has 1 fully saturated rings. The lowest BCUT2D eigenvalue weighted by molar-refractivity contribution is -0.119. The minimum absolute atomic E-state index is 0.247. The summed E-state index contributed by atoms with van der Waals surface area (Å²) in [6.45, 7) is 3.60. The Morgan fingerprint density at radius 3 is 2.52 bits per heavy atom. The summed E-state index contributed by atoms with van der Waals surface area (Å²) in [7, 11) is -3.42. The number of anilines is 2. The van der Waals surface area contributed by atoms with E-state index in [1.54, 1.807) is 12.1 Å². The molecular formula is C15H21N3O4S. The summed E-state index contributed by atoms with van der Waals surface area (Å²) in [6, 6.07) is 4.55. The zero-order chi connectivity index (χ0) is 17.2. The predicted molar refractivity (Wildman–Crippen MR) is 88.7 cm³/mol. The van der Waals surface area contributed by atoms with Gasteiger partial charge in [0.2, 0.25) is 21.8 Å². The maximum atomic E-state index is 12.5. The molecule has 23 heavy (non-hydrogen) atoms. The van der Waals surface area contributed by atoms with Crippen LogP contribution < -0.4 is 10.6 Å². The van der Waals surface area contributed by atoms with Crippen LogP contribution in [0.1, 0.15) is 25.3 Å². The van der Waals surface area contributed by atoms with Gasteiger partial charge in [-0.3, -0.25) is 9.59 Å². The van der Waals surface area contributed by atoms with E-state index in [0.29, 0.717) is 30.8 Å². The van der Waals surface area contributed by atoms with Gasteiger partial charge in [-0.25, -0.2) is 8.42 Å². The normalized spacial score (nSPS) is 18.7. The Balaban J connectivity index is 2.23. The van der Waals surface area contributed by atoms with Crippen molar-refractivity contribution in [3.05, 3.63) is 23.8 Å². The fourth-order valence-corrected chi connectivity index (χ4v) is 3.80. The third-order valence-corrected chi connectivity index (χ3v) is 4.96. The van der Waals surface area contributed by atoms with Crippen molar-refractivity contribution in [2.24, 2.45) is 0 Å². The van der Waals surface area contributed by atoms with Crippen molar-refractivity contribution < 1.29 is 18.0 Å². The lowest BCUT2D eigenvalue weighted by Crippen LogP contribution is -2.42. The second-order valence-electron chi connectivity index (χ2n) is 5.75. The first-order valence-electron chi connectivity index (χ1n) is 7.34. The Kier molecular flexibility index (Phi) is 5.06. The van der Waals surface area contributed by atoms with Crippen molar-refractivity contribution in [3.63, 3.8) is 0 Å². The smallest absolute Gasteiger partial charge is 0.242 e. The lowest BCUT2D eigenvalue weighted by Gasteiger charge is -2.22. The molecule has 2 rings (SSSR count). The van der Waals surface area contributed by atoms with Gasteiger partial charge >= 0.3 is 0 Å². The Hall–Kier alpha value is -1.93. The second kappa shape index (κ2) is 6.67. The highest BCUT2D eigenvalue weighted by Crippen LogP contribution is 2.26. The van der Waals surface area contributed by atoms with Gasteiger partial charge in [0.15, 0.2) is 0 Å². The third kappa shape index (κ3) is 4.29. The zero-order valence-corrected chi connectivity index (χ0v) is 14.2. The number of rotatable bonds is 4. The Morgan fingerprint density at radius 2 is 1.91 bits per heavy atom. The monoisotopic (exact) mass is 339 g/mol. The van der Waals surface area contributed by atoms with Crippen LogP contribution in [-0.4, -0.2) is 43.4 Å². The van der Waals surface area contributed by atoms with Crippen LogP contribution in [0.4, 0.5) is 11.4 Å². The summed E-state index contributed by atoms with van der Waals surface area (Å²) < 4.78 is 24.7. The number of amides is 2. The minimum atomic E-state index is -3.42. The highest BCUT2D eigenvalue weighted by molar-refractivity contribution is 7.88. The van der Waals surface area contributed by atoms with Gasteiger partial charge in [-0.15, -0.1) is 0 Å². The average molecular weight is 339 g/mol. The number of carbonyl (C=O) groups is 2. The van der Waals surface area contributed by atoms with E-state index in [0.717, 1.165) is 11.8 Å². The van der Waals surface area contributed by atoms with Gasteiger partial charge in [0.05, 0.1) is 17.6 Å². The second-order valence-corrected chi connectivity index (χ2v) is 7.69. The van der Waals surface area contributed by atoms with E-state index in [2.05, 4.69) is 10.6 Å². The largest absolute Gasteiger partial charge is 0.325 e. The number of benzene rings is 1. The number of hydrogen-bond acceptors (Lipinski definition) is 4. The van der Waals surface area contributed by atoms with E-state index in [1.807, 2.05) is 13.0 Å². The van der Waals surface area contributed by atoms with Crippen LogP contribution in [0.25, 0.3) is 0 Å². The standard InChI is InChI=1S/C15H21N3O4S/c1-10-6-7-12(16-11(2)19)13(9-10)17-15(20)14-5-4-8-18(14)23(3,21)22/h6-7,9,14H,4-5,8H2,1-3H3,(H,16,19)(H,17,20)/t14-/m0/s1. The zero-order valence-electron chi connectivity index (χ0n) is 13.4. The average Bonchev–Trinajstić information content (AvgIpc) is 2.90. The number of carbonyl (C=O) groups excluding carboxylic acids is 2. The van der Waals surface area contributed by atoms with Gasteiger partial charge in [0.1, 0.15) is 6.04 Å². The number of nitrogens with one attached hydrogen (secondary N) is 2. The van der Waals surface area contributed by atoms with Crippen LogP contribution in [0.5, 0.6) is 0 Å². The molecule has 1 aromatic carbocycles. The summed E-state index contributed by atoms with van der Waals surface area (Å²) >= 11 is 0. The van der Waals surface area contributed by atoms with Gasteiger partial charge in [-0.1, -0.05) is 6.07 Å². The van der Waals surface area contributed by atoms with E-state index in [-0.39, 0.29) is 11.8 Å². The molecule has 1 aromatic rings. The van der Waals surface area contributed by atoms with Gasteiger partial charge in [-0.05, 0) is 37.5 Å². The van der Waals surface area contributed by atoms with Crippen molar-refractivity contribution in [1.82, 2.24) is 4.31 Å². The predicted octanol–water partition coefficient (Wildman–Crippen LogP) is 1.32. The Labute approximate surface area is 136 Å². The molecule has 0 spiro atoms. The maximum absolute atomic E-state index is 12.5. The number of nitrogens with zero attached hydrogens (tertiary/aromatic N) is 1. The van der Waals surface area contributed by atoms with Crippen molar-refractivity contribution in [3.8, 4) is 0 Å². The third-order valence-electron chi connectivity index (χ3n) is 3.68. The molecule has 126 valence electrons. The van der Waals surface area contributed by atoms with E-state index in [4.69, 9.17) is 0 Å². The molecule has 1 heterocycles. The Bertz CT molecular complexity index is 730. The molecule has 0 radical (unpaired) electrons. The fraction of sp³-hybridized carbons (Fsp3) is 0.467. The summed E-state index contributed by atoms with van der Waals surface area (Å²) in [6.07, 6.45) is 2.24. The molecule has 1 saturated heterocycles. The van der Waals surface area contributed by atoms with Crippen LogP contribution >= 0.6 is 0 Å². The summed E-state index contributed by atoms with van der Waals surface area (Å²) in [4.78, 5) is 23.8. The SMILES string of the molecule is CC(=O)Nc1ccc(C)cc1NC(=O)[C@@H]1CCCN1S(C)(=O)=O. The molecule has 0 unspecified atom stereocenters. The van der Waals surface area contributed by atoms with E-state index in [9.17, 15) is 18.0 Å². The molecule has 0 aromatic heterocycles. The maximum Gasteiger partial charge on any atom is 0.242 e. The van der Waals surface area contributed by atoms with Crippen molar-refractivity contribution >= 4 is 33.2 Å². The molecule has 2 amide bonds. The molecule has 8 heteroatoms. The summed E-state index contributed by atoms with van der Waals surface area (Å²) in [5, 5.41) is 5.39. The van der Waals surface area contributed by atoms with Crippen LogP contribution in [0, 0.1) is 6.92 Å². The van der Waals surface area contributed by atoms with Gasteiger partial charge in [0, 0.05) is 13.5 Å². The van der Waals surface area contributed by atoms with Crippen molar-refractivity contribution in [2.45, 2.75) is 32.7 Å². The van der Waals surface area contributed by atoms with Gasteiger partial charge < -0.3 is 10.6 Å². The molecule has 1 atom stereocenters. The summed E-state index contributed by atoms with van der Waals surface area (Å²) in [5.74, 6) is -0.631. The van der Waals surface area contributed by atoms with Crippen molar-refractivity contribution in [2.75, 3.05) is 23.4 Å². The van der Waals surface area contributed by atoms with E-state index in [1.165, 1.54) is 11.2 Å². The van der Waals surface area contributed by atoms with Gasteiger partial charge in [-0.2, -0.15) is 4.31 Å². The molecule has 0 aliphatic carbocycles. The first-order chi connectivity index (χ1) is 10.7. The van der Waals surface area contributed by atoms with E-state index >= 15 is 0 Å². The van der Waals surface area contributed by atoms with Crippen LogP contribution in [0.15, 0.2) is 18.2 Å². The Morgan fingerprint density at radius 1 is 1.22 bits per heavy atom. The number of hydrogen-bond donors (Lipinski definition) is 2. The van der Waals surface area contributed by atoms with Crippen LogP contribution in [0.2, 0.25) is 0 Å². The number of aryl methyl sites for hydroxylation is 1. The topological polar surface area (TPSA) is 95.6 Å². The molecule has 1 aliphatic rings. The molecule has 2 N–H and O–H groups in total. The molecular weight excluding hydrogens is 318 g/mol. The van der Waals surface area contributed by atoms with Crippen LogP contribution in [0.3, 0.4) is 0 Å². The van der Waals surface area contributed by atoms with Crippen LogP contribution in [-0.2, 0) is 19.6 Å². The summed E-state index contributed by atoms with van der Waals surface area (Å²) in [5.41, 5.74) is 1.87. The van der Waals surface area contributed by atoms with Crippen molar-refractivity contribution in [1.29, 1.82) is 0 Å². The first-order valence-corrected chi connectivity index (χ1v) is 9.19. The fourth-order valence-electron chi connectivity index (χ4n) is 2.68. The van der Waals surface area contributed by atoms with E-state index < -0.39 is 16.1 Å².